The van der Waals surface area contributed by atoms with E-state index in [0.717, 1.165) is 0 Å². The molecular formula is C12H16ClN3O4. The van der Waals surface area contributed by atoms with Crippen LogP contribution in [0, 0.1) is 0 Å². The molecule has 0 aliphatic heterocycles. The third-order valence-electron chi connectivity index (χ3n) is 2.43. The van der Waals surface area contributed by atoms with Crippen molar-refractivity contribution in [2.45, 2.75) is 0 Å². The highest BCUT2D eigenvalue weighted by molar-refractivity contribution is 6.33. The van der Waals surface area contributed by atoms with Crippen LogP contribution in [0.2, 0.25) is 5.02 Å². The first-order valence-electron chi connectivity index (χ1n) is 5.82. The van der Waals surface area contributed by atoms with Crippen molar-refractivity contribution in [3.05, 3.63) is 22.8 Å². The molecule has 0 saturated carbocycles. The number of methoxy groups -OCH3 is 1. The predicted octanol–water partition coefficient (Wildman–Crippen LogP) is 0.632. The maximum Gasteiger partial charge on any atom is 0.356 e. The summed E-state index contributed by atoms with van der Waals surface area (Å²) in [5.74, 6) is -1.07. The van der Waals surface area contributed by atoms with E-state index < -0.39 is 5.97 Å². The first kappa shape index (κ1) is 16.2. The Kier molecular flexibility index (Phi) is 6.20. The predicted molar refractivity (Wildman–Crippen MR) is 74.4 cm³/mol. The summed E-state index contributed by atoms with van der Waals surface area (Å²) in [6, 6.07) is 2.99. The van der Waals surface area contributed by atoms with Gasteiger partial charge in [-0.25, -0.2) is 9.78 Å². The second-order valence-corrected chi connectivity index (χ2v) is 4.41. The first-order chi connectivity index (χ1) is 9.45. The number of ether oxygens (including phenoxy) is 1. The molecule has 0 saturated heterocycles. The molecule has 0 bridgehead atoms. The van der Waals surface area contributed by atoms with Crippen molar-refractivity contribution in [1.82, 2.24) is 10.3 Å². The quantitative estimate of drug-likeness (QED) is 0.718. The number of hydrogen-bond acceptors (Lipinski definition) is 5. The number of rotatable bonds is 7. The van der Waals surface area contributed by atoms with Crippen LogP contribution in [0.3, 0.4) is 0 Å². The topological polar surface area (TPSA) is 91.8 Å². The fourth-order valence-electron chi connectivity index (χ4n) is 1.44. The van der Waals surface area contributed by atoms with Crippen LogP contribution >= 0.6 is 11.6 Å². The lowest BCUT2D eigenvalue weighted by molar-refractivity contribution is -0.119. The Bertz CT molecular complexity index is 496. The summed E-state index contributed by atoms with van der Waals surface area (Å²) >= 11 is 5.73. The average Bonchev–Trinajstić information content (AvgIpc) is 2.39. The van der Waals surface area contributed by atoms with E-state index in [-0.39, 0.29) is 23.2 Å². The van der Waals surface area contributed by atoms with E-state index in [4.69, 9.17) is 21.4 Å². The Morgan fingerprint density at radius 1 is 1.50 bits per heavy atom. The maximum absolute atomic E-state index is 11.6. The molecule has 110 valence electrons. The van der Waals surface area contributed by atoms with Gasteiger partial charge in [-0.15, -0.1) is 0 Å². The second-order valence-electron chi connectivity index (χ2n) is 4.00. The first-order valence-corrected chi connectivity index (χ1v) is 6.20. The van der Waals surface area contributed by atoms with Crippen LogP contribution in [0.5, 0.6) is 0 Å². The van der Waals surface area contributed by atoms with E-state index >= 15 is 0 Å². The van der Waals surface area contributed by atoms with Crippen molar-refractivity contribution in [3.8, 4) is 0 Å². The van der Waals surface area contributed by atoms with Gasteiger partial charge in [0.1, 0.15) is 5.82 Å². The number of halogens is 1. The summed E-state index contributed by atoms with van der Waals surface area (Å²) in [7, 11) is 3.18. The summed E-state index contributed by atoms with van der Waals surface area (Å²) in [5.41, 5.74) is -0.240. The molecule has 0 aliphatic carbocycles. The molecule has 0 unspecified atom stereocenters. The number of aromatic carboxylic acids is 1. The number of pyridine rings is 1. The summed E-state index contributed by atoms with van der Waals surface area (Å²) in [5, 5.41) is 11.7. The van der Waals surface area contributed by atoms with Gasteiger partial charge >= 0.3 is 5.97 Å². The van der Waals surface area contributed by atoms with Crippen molar-refractivity contribution in [3.63, 3.8) is 0 Å². The monoisotopic (exact) mass is 301 g/mol. The molecule has 0 aliphatic rings. The van der Waals surface area contributed by atoms with Crippen LogP contribution in [-0.4, -0.2) is 55.8 Å². The zero-order chi connectivity index (χ0) is 15.1. The van der Waals surface area contributed by atoms with Crippen molar-refractivity contribution in [1.29, 1.82) is 0 Å². The largest absolute Gasteiger partial charge is 0.476 e. The number of anilines is 1. The van der Waals surface area contributed by atoms with Gasteiger partial charge in [0.2, 0.25) is 5.91 Å². The van der Waals surface area contributed by atoms with Crippen LogP contribution in [0.15, 0.2) is 12.1 Å². The third kappa shape index (κ3) is 4.67. The molecule has 1 aromatic heterocycles. The molecule has 0 atom stereocenters. The average molecular weight is 302 g/mol. The molecule has 1 aromatic rings. The summed E-state index contributed by atoms with van der Waals surface area (Å²) in [4.78, 5) is 28.0. The molecule has 7 nitrogen and oxygen atoms in total. The van der Waals surface area contributed by atoms with Gasteiger partial charge in [-0.2, -0.15) is 0 Å². The van der Waals surface area contributed by atoms with Crippen molar-refractivity contribution in [2.75, 3.05) is 38.8 Å². The van der Waals surface area contributed by atoms with Crippen LogP contribution in [-0.2, 0) is 9.53 Å². The molecule has 8 heteroatoms. The molecule has 1 heterocycles. The lowest BCUT2D eigenvalue weighted by atomic mass is 10.3. The lowest BCUT2D eigenvalue weighted by Gasteiger charge is -2.18. The SMILES string of the molecule is COCCNC(=O)CN(C)c1ccc(Cl)c(C(=O)O)n1. The molecule has 1 rings (SSSR count). The third-order valence-corrected chi connectivity index (χ3v) is 2.74. The number of carboxylic acids is 1. The van der Waals surface area contributed by atoms with Gasteiger partial charge < -0.3 is 20.1 Å². The van der Waals surface area contributed by atoms with Crippen molar-refractivity contribution >= 4 is 29.3 Å². The smallest absolute Gasteiger partial charge is 0.356 e. The highest BCUT2D eigenvalue weighted by atomic mass is 35.5. The summed E-state index contributed by atoms with van der Waals surface area (Å²) in [6.07, 6.45) is 0. The van der Waals surface area contributed by atoms with Gasteiger partial charge in [-0.1, -0.05) is 11.6 Å². The number of carbonyl (C=O) groups excluding carboxylic acids is 1. The Morgan fingerprint density at radius 3 is 2.80 bits per heavy atom. The molecule has 1 amide bonds. The van der Waals surface area contributed by atoms with Crippen molar-refractivity contribution < 1.29 is 19.4 Å². The lowest BCUT2D eigenvalue weighted by Crippen LogP contribution is -2.37. The van der Waals surface area contributed by atoms with E-state index in [2.05, 4.69) is 10.3 Å². The van der Waals surface area contributed by atoms with Crippen molar-refractivity contribution in [2.24, 2.45) is 0 Å². The minimum atomic E-state index is -1.21. The Balaban J connectivity index is 2.68. The number of aromatic nitrogens is 1. The van der Waals surface area contributed by atoms with E-state index in [1.807, 2.05) is 0 Å². The fourth-order valence-corrected chi connectivity index (χ4v) is 1.63. The van der Waals surface area contributed by atoms with Crippen LogP contribution < -0.4 is 10.2 Å². The van der Waals surface area contributed by atoms with E-state index in [9.17, 15) is 9.59 Å². The zero-order valence-corrected chi connectivity index (χ0v) is 12.0. The van der Waals surface area contributed by atoms with Gasteiger partial charge in [0.25, 0.3) is 0 Å². The van der Waals surface area contributed by atoms with Gasteiger partial charge in [-0.3, -0.25) is 4.79 Å². The number of likely N-dealkylation sites (N-methyl/N-ethyl adjacent to an activating group) is 1. The van der Waals surface area contributed by atoms with Gasteiger partial charge in [-0.05, 0) is 12.1 Å². The minimum absolute atomic E-state index is 0.0530. The van der Waals surface area contributed by atoms with Gasteiger partial charge in [0, 0.05) is 20.7 Å². The molecule has 0 radical (unpaired) electrons. The standard InChI is InChI=1S/C12H16ClN3O4/c1-16(7-10(17)14-5-6-20-2)9-4-3-8(13)11(15-9)12(18)19/h3-4H,5-7H2,1-2H3,(H,14,17)(H,18,19). The van der Waals surface area contributed by atoms with E-state index in [0.29, 0.717) is 19.0 Å². The van der Waals surface area contributed by atoms with E-state index in [1.54, 1.807) is 20.2 Å². The highest BCUT2D eigenvalue weighted by Crippen LogP contribution is 2.18. The molecule has 2 N–H and O–H groups in total. The van der Waals surface area contributed by atoms with Crippen LogP contribution in [0.1, 0.15) is 10.5 Å². The van der Waals surface area contributed by atoms with Crippen LogP contribution in [0.4, 0.5) is 5.82 Å². The Labute approximate surface area is 121 Å². The summed E-state index contributed by atoms with van der Waals surface area (Å²) in [6.45, 7) is 0.896. The number of nitrogens with zero attached hydrogens (tertiary/aromatic N) is 2. The number of carboxylic acid groups (broad SMARTS) is 1. The van der Waals surface area contributed by atoms with Crippen LogP contribution in [0.25, 0.3) is 0 Å². The highest BCUT2D eigenvalue weighted by Gasteiger charge is 2.14. The molecule has 0 aromatic carbocycles. The van der Waals surface area contributed by atoms with E-state index in [1.165, 1.54) is 11.0 Å². The summed E-state index contributed by atoms with van der Waals surface area (Å²) < 4.78 is 4.82. The fraction of sp³-hybridized carbons (Fsp3) is 0.417. The number of nitrogens with one attached hydrogen (secondary N) is 1. The number of carbonyl (C=O) groups is 2. The zero-order valence-electron chi connectivity index (χ0n) is 11.2. The Hall–Kier alpha value is -1.86. The Morgan fingerprint density at radius 2 is 2.20 bits per heavy atom. The molecule has 20 heavy (non-hydrogen) atoms. The molecule has 0 fully saturated rings. The molecular weight excluding hydrogens is 286 g/mol. The van der Waals surface area contributed by atoms with Gasteiger partial charge in [0.15, 0.2) is 5.69 Å². The molecule has 0 spiro atoms. The second kappa shape index (κ2) is 7.66. The number of hydrogen-bond donors (Lipinski definition) is 2. The number of amides is 1. The maximum atomic E-state index is 11.6. The van der Waals surface area contributed by atoms with Gasteiger partial charge in [0.05, 0.1) is 18.2 Å². The normalized spacial score (nSPS) is 10.2. The minimum Gasteiger partial charge on any atom is -0.476 e.